The van der Waals surface area contributed by atoms with Gasteiger partial charge in [-0.2, -0.15) is 0 Å². The summed E-state index contributed by atoms with van der Waals surface area (Å²) >= 11 is 2.98. The van der Waals surface area contributed by atoms with Crippen LogP contribution in [-0.4, -0.2) is 40.9 Å². The zero-order valence-corrected chi connectivity index (χ0v) is 17.7. The van der Waals surface area contributed by atoms with Crippen molar-refractivity contribution in [3.05, 3.63) is 76.3 Å². The Hall–Kier alpha value is -2.48. The lowest BCUT2D eigenvalue weighted by Crippen LogP contribution is -2.25. The van der Waals surface area contributed by atoms with Gasteiger partial charge < -0.3 is 4.90 Å². The molecule has 0 atom stereocenters. The number of aromatic nitrogens is 1. The van der Waals surface area contributed by atoms with Crippen LogP contribution in [0.4, 0.5) is 5.13 Å². The predicted octanol–water partition coefficient (Wildman–Crippen LogP) is 4.36. The number of Topliss-reactive ketones (excluding diaryl/α,β-unsaturated/α-hetero) is 1. The number of likely N-dealkylation sites (N-methyl/N-ethyl adjacent to an activating group) is 1. The highest BCUT2D eigenvalue weighted by Crippen LogP contribution is 2.28. The standard InChI is InChI=1S/C22H21N3O2S2/c1-25-11-10-18-20(13-25)29-22(23-18)24-21(27)16-8-5-9-17(12-16)28-14-19(26)15-6-3-2-4-7-15/h2-9,12H,10-11,13-14H2,1H3,(H,23,24,27). The number of thioether (sulfide) groups is 1. The van der Waals surface area contributed by atoms with Gasteiger partial charge in [0, 0.05) is 40.4 Å². The van der Waals surface area contributed by atoms with Gasteiger partial charge in [-0.15, -0.1) is 23.1 Å². The first kappa shape index (κ1) is 19.8. The number of amides is 1. The average Bonchev–Trinajstić information content (AvgIpc) is 3.14. The normalized spacial score (nSPS) is 13.7. The molecule has 148 valence electrons. The van der Waals surface area contributed by atoms with Gasteiger partial charge in [-0.05, 0) is 25.2 Å². The third kappa shape index (κ3) is 4.93. The molecule has 0 radical (unpaired) electrons. The molecule has 0 aliphatic carbocycles. The Morgan fingerprint density at radius 3 is 2.76 bits per heavy atom. The molecule has 4 rings (SSSR count). The number of nitrogens with one attached hydrogen (secondary N) is 1. The Kier molecular flexibility index (Phi) is 6.08. The van der Waals surface area contributed by atoms with Gasteiger partial charge in [-0.3, -0.25) is 14.9 Å². The van der Waals surface area contributed by atoms with Crippen molar-refractivity contribution in [2.75, 3.05) is 24.7 Å². The van der Waals surface area contributed by atoms with Gasteiger partial charge in [-0.25, -0.2) is 4.98 Å². The van der Waals surface area contributed by atoms with E-state index in [1.807, 2.05) is 48.5 Å². The molecule has 0 unspecified atom stereocenters. The second kappa shape index (κ2) is 8.90. The van der Waals surface area contributed by atoms with Crippen molar-refractivity contribution in [1.82, 2.24) is 9.88 Å². The third-order valence-corrected chi connectivity index (χ3v) is 6.70. The monoisotopic (exact) mass is 423 g/mol. The Labute approximate surface area is 178 Å². The van der Waals surface area contributed by atoms with Crippen LogP contribution >= 0.6 is 23.1 Å². The summed E-state index contributed by atoms with van der Waals surface area (Å²) in [6.07, 6.45) is 0.916. The van der Waals surface area contributed by atoms with Crippen LogP contribution in [0.5, 0.6) is 0 Å². The summed E-state index contributed by atoms with van der Waals surface area (Å²) < 4.78 is 0. The second-order valence-electron chi connectivity index (χ2n) is 6.94. The predicted molar refractivity (Wildman–Crippen MR) is 118 cm³/mol. The minimum absolute atomic E-state index is 0.0730. The van der Waals surface area contributed by atoms with Crippen molar-refractivity contribution in [2.24, 2.45) is 0 Å². The van der Waals surface area contributed by atoms with Gasteiger partial charge in [0.25, 0.3) is 5.91 Å². The minimum atomic E-state index is -0.179. The Balaban J connectivity index is 1.39. The van der Waals surface area contributed by atoms with Crippen molar-refractivity contribution < 1.29 is 9.59 Å². The van der Waals surface area contributed by atoms with E-state index in [1.54, 1.807) is 17.4 Å². The molecule has 29 heavy (non-hydrogen) atoms. The van der Waals surface area contributed by atoms with E-state index >= 15 is 0 Å². The number of hydrogen-bond acceptors (Lipinski definition) is 6. The van der Waals surface area contributed by atoms with Crippen LogP contribution in [0, 0.1) is 0 Å². The maximum absolute atomic E-state index is 12.7. The lowest BCUT2D eigenvalue weighted by molar-refractivity contribution is 0.101. The maximum atomic E-state index is 12.7. The van der Waals surface area contributed by atoms with E-state index in [2.05, 4.69) is 22.2 Å². The number of hydrogen-bond donors (Lipinski definition) is 1. The second-order valence-corrected chi connectivity index (χ2v) is 9.07. The summed E-state index contributed by atoms with van der Waals surface area (Å²) in [5.41, 5.74) is 2.35. The fraction of sp³-hybridized carbons (Fsp3) is 0.227. The summed E-state index contributed by atoms with van der Waals surface area (Å²) in [5, 5.41) is 3.57. The first-order chi connectivity index (χ1) is 14.1. The summed E-state index contributed by atoms with van der Waals surface area (Å²) in [7, 11) is 2.09. The van der Waals surface area contributed by atoms with Gasteiger partial charge in [0.15, 0.2) is 10.9 Å². The largest absolute Gasteiger partial charge is 0.301 e. The van der Waals surface area contributed by atoms with E-state index in [-0.39, 0.29) is 11.7 Å². The molecule has 7 heteroatoms. The zero-order valence-electron chi connectivity index (χ0n) is 16.1. The van der Waals surface area contributed by atoms with Crippen molar-refractivity contribution in [1.29, 1.82) is 0 Å². The smallest absolute Gasteiger partial charge is 0.257 e. The SMILES string of the molecule is CN1CCc2nc(NC(=O)c3cccc(SCC(=O)c4ccccc4)c3)sc2C1. The summed E-state index contributed by atoms with van der Waals surface area (Å²) in [6.45, 7) is 1.87. The van der Waals surface area contributed by atoms with E-state index in [9.17, 15) is 9.59 Å². The molecule has 1 amide bonds. The van der Waals surface area contributed by atoms with Crippen molar-refractivity contribution >= 4 is 39.9 Å². The number of rotatable bonds is 6. The fourth-order valence-corrected chi connectivity index (χ4v) is 5.06. The molecule has 0 fully saturated rings. The van der Waals surface area contributed by atoms with Gasteiger partial charge in [0.05, 0.1) is 11.4 Å². The number of carbonyl (C=O) groups is 2. The van der Waals surface area contributed by atoms with Crippen LogP contribution in [0.1, 0.15) is 31.3 Å². The molecular weight excluding hydrogens is 402 g/mol. The number of ketones is 1. The Bertz CT molecular complexity index is 1030. The molecule has 0 saturated heterocycles. The maximum Gasteiger partial charge on any atom is 0.257 e. The van der Waals surface area contributed by atoms with Crippen molar-refractivity contribution in [3.63, 3.8) is 0 Å². The van der Waals surface area contributed by atoms with Crippen LogP contribution in [0.15, 0.2) is 59.5 Å². The van der Waals surface area contributed by atoms with Crippen LogP contribution < -0.4 is 5.32 Å². The van der Waals surface area contributed by atoms with E-state index in [0.29, 0.717) is 22.0 Å². The highest BCUT2D eigenvalue weighted by atomic mass is 32.2. The number of carbonyl (C=O) groups excluding carboxylic acids is 2. The zero-order chi connectivity index (χ0) is 20.2. The summed E-state index contributed by atoms with van der Waals surface area (Å²) in [5.74, 6) is 0.229. The van der Waals surface area contributed by atoms with Crippen LogP contribution in [0.2, 0.25) is 0 Å². The molecular formula is C22H21N3O2S2. The minimum Gasteiger partial charge on any atom is -0.301 e. The average molecular weight is 424 g/mol. The Morgan fingerprint density at radius 2 is 1.93 bits per heavy atom. The van der Waals surface area contributed by atoms with E-state index in [0.717, 1.165) is 30.1 Å². The molecule has 3 aromatic rings. The lowest BCUT2D eigenvalue weighted by Gasteiger charge is -2.20. The van der Waals surface area contributed by atoms with Crippen LogP contribution in [0.25, 0.3) is 0 Å². The molecule has 1 aromatic heterocycles. The highest BCUT2D eigenvalue weighted by Gasteiger charge is 2.19. The number of anilines is 1. The topological polar surface area (TPSA) is 62.3 Å². The number of fused-ring (bicyclic) bond motifs is 1. The highest BCUT2D eigenvalue weighted by molar-refractivity contribution is 8.00. The number of nitrogens with zero attached hydrogens (tertiary/aromatic N) is 2. The molecule has 1 aliphatic heterocycles. The van der Waals surface area contributed by atoms with Gasteiger partial charge in [0.2, 0.25) is 0 Å². The first-order valence-corrected chi connectivity index (χ1v) is 11.2. The van der Waals surface area contributed by atoms with Gasteiger partial charge in [0.1, 0.15) is 0 Å². The lowest BCUT2D eigenvalue weighted by atomic mass is 10.2. The van der Waals surface area contributed by atoms with E-state index in [1.165, 1.54) is 16.6 Å². The summed E-state index contributed by atoms with van der Waals surface area (Å²) in [6, 6.07) is 16.6. The van der Waals surface area contributed by atoms with E-state index in [4.69, 9.17) is 0 Å². The first-order valence-electron chi connectivity index (χ1n) is 9.38. The molecule has 1 aliphatic rings. The third-order valence-electron chi connectivity index (χ3n) is 4.70. The fourth-order valence-electron chi connectivity index (χ4n) is 3.13. The van der Waals surface area contributed by atoms with Crippen molar-refractivity contribution in [3.8, 4) is 0 Å². The van der Waals surface area contributed by atoms with Gasteiger partial charge >= 0.3 is 0 Å². The summed E-state index contributed by atoms with van der Waals surface area (Å²) in [4.78, 5) is 33.9. The number of benzene rings is 2. The molecule has 0 bridgehead atoms. The molecule has 2 aromatic carbocycles. The molecule has 2 heterocycles. The van der Waals surface area contributed by atoms with Gasteiger partial charge in [-0.1, -0.05) is 36.4 Å². The Morgan fingerprint density at radius 1 is 1.14 bits per heavy atom. The molecule has 0 spiro atoms. The van der Waals surface area contributed by atoms with E-state index < -0.39 is 0 Å². The van der Waals surface area contributed by atoms with Crippen LogP contribution in [-0.2, 0) is 13.0 Å². The number of thiazole rings is 1. The molecule has 5 nitrogen and oxygen atoms in total. The molecule has 1 N–H and O–H groups in total. The molecule has 0 saturated carbocycles. The van der Waals surface area contributed by atoms with Crippen molar-refractivity contribution in [2.45, 2.75) is 17.9 Å². The van der Waals surface area contributed by atoms with Crippen LogP contribution in [0.3, 0.4) is 0 Å². The quantitative estimate of drug-likeness (QED) is 0.472.